The van der Waals surface area contributed by atoms with Crippen LogP contribution in [0.3, 0.4) is 0 Å². The molecular formula is C16H28N4O2. The fourth-order valence-corrected chi connectivity index (χ4v) is 3.64. The predicted molar refractivity (Wildman–Crippen MR) is 83.9 cm³/mol. The van der Waals surface area contributed by atoms with E-state index in [4.69, 9.17) is 9.84 Å². The van der Waals surface area contributed by atoms with Gasteiger partial charge in [0.05, 0.1) is 19.8 Å². The SMILES string of the molecule is OCCOCCN1CCCC(c2nnc3n2CCCCC3)C1. The van der Waals surface area contributed by atoms with Crippen molar-refractivity contribution in [1.82, 2.24) is 19.7 Å². The molecule has 1 atom stereocenters. The van der Waals surface area contributed by atoms with Gasteiger partial charge >= 0.3 is 0 Å². The molecule has 6 nitrogen and oxygen atoms in total. The Morgan fingerprint density at radius 3 is 2.95 bits per heavy atom. The van der Waals surface area contributed by atoms with Crippen LogP contribution in [0.25, 0.3) is 0 Å². The molecule has 0 aliphatic carbocycles. The molecule has 0 spiro atoms. The number of likely N-dealkylation sites (tertiary alicyclic amines) is 1. The quantitative estimate of drug-likeness (QED) is 0.800. The van der Waals surface area contributed by atoms with Crippen molar-refractivity contribution in [2.45, 2.75) is 51.0 Å². The van der Waals surface area contributed by atoms with Crippen LogP contribution < -0.4 is 0 Å². The molecule has 2 aliphatic heterocycles. The van der Waals surface area contributed by atoms with Gasteiger partial charge in [-0.25, -0.2) is 0 Å². The highest BCUT2D eigenvalue weighted by molar-refractivity contribution is 5.05. The fraction of sp³-hybridized carbons (Fsp3) is 0.875. The van der Waals surface area contributed by atoms with Gasteiger partial charge < -0.3 is 19.3 Å². The van der Waals surface area contributed by atoms with Gasteiger partial charge in [-0.05, 0) is 32.2 Å². The van der Waals surface area contributed by atoms with Crippen molar-refractivity contribution in [2.75, 3.05) is 39.5 Å². The molecule has 1 N–H and O–H groups in total. The minimum Gasteiger partial charge on any atom is -0.394 e. The summed E-state index contributed by atoms with van der Waals surface area (Å²) in [4.78, 5) is 2.46. The summed E-state index contributed by atoms with van der Waals surface area (Å²) in [6.07, 6.45) is 7.32. The summed E-state index contributed by atoms with van der Waals surface area (Å²) in [5, 5.41) is 17.7. The molecule has 0 radical (unpaired) electrons. The Morgan fingerprint density at radius 1 is 1.09 bits per heavy atom. The van der Waals surface area contributed by atoms with E-state index in [1.165, 1.54) is 43.8 Å². The van der Waals surface area contributed by atoms with Crippen LogP contribution in [0.1, 0.15) is 49.7 Å². The van der Waals surface area contributed by atoms with E-state index in [0.29, 0.717) is 19.1 Å². The number of piperidine rings is 1. The summed E-state index contributed by atoms with van der Waals surface area (Å²) in [5.74, 6) is 2.90. The molecule has 0 bridgehead atoms. The van der Waals surface area contributed by atoms with Crippen LogP contribution in [0.2, 0.25) is 0 Å². The zero-order valence-corrected chi connectivity index (χ0v) is 13.4. The van der Waals surface area contributed by atoms with Crippen LogP contribution in [-0.4, -0.2) is 64.2 Å². The summed E-state index contributed by atoms with van der Waals surface area (Å²) in [6.45, 7) is 5.47. The van der Waals surface area contributed by atoms with Gasteiger partial charge in [-0.15, -0.1) is 10.2 Å². The number of aliphatic hydroxyl groups excluding tert-OH is 1. The van der Waals surface area contributed by atoms with E-state index in [1.54, 1.807) is 0 Å². The highest BCUT2D eigenvalue weighted by atomic mass is 16.5. The highest BCUT2D eigenvalue weighted by Crippen LogP contribution is 2.27. The predicted octanol–water partition coefficient (Wildman–Crippen LogP) is 1.19. The first kappa shape index (κ1) is 15.9. The van der Waals surface area contributed by atoms with Crippen molar-refractivity contribution >= 4 is 0 Å². The van der Waals surface area contributed by atoms with E-state index in [1.807, 2.05) is 0 Å². The van der Waals surface area contributed by atoms with Gasteiger partial charge in [0.15, 0.2) is 0 Å². The van der Waals surface area contributed by atoms with Gasteiger partial charge in [0.25, 0.3) is 0 Å². The van der Waals surface area contributed by atoms with Gasteiger partial charge in [-0.2, -0.15) is 0 Å². The minimum atomic E-state index is 0.106. The van der Waals surface area contributed by atoms with Crippen molar-refractivity contribution in [3.8, 4) is 0 Å². The lowest BCUT2D eigenvalue weighted by Gasteiger charge is -2.32. The molecule has 1 aromatic rings. The number of hydrogen-bond donors (Lipinski definition) is 1. The molecule has 1 saturated heterocycles. The Hall–Kier alpha value is -0.980. The number of fused-ring (bicyclic) bond motifs is 1. The van der Waals surface area contributed by atoms with Gasteiger partial charge in [-0.3, -0.25) is 0 Å². The fourth-order valence-electron chi connectivity index (χ4n) is 3.64. The minimum absolute atomic E-state index is 0.106. The molecule has 2 aliphatic rings. The summed E-state index contributed by atoms with van der Waals surface area (Å²) >= 11 is 0. The molecule has 3 rings (SSSR count). The average Bonchev–Trinajstić information content (AvgIpc) is 2.81. The van der Waals surface area contributed by atoms with Crippen molar-refractivity contribution in [3.63, 3.8) is 0 Å². The van der Waals surface area contributed by atoms with E-state index in [9.17, 15) is 0 Å². The molecule has 1 unspecified atom stereocenters. The standard InChI is InChI=1S/C16H28N4O2/c21-10-12-22-11-9-19-7-4-5-14(13-19)16-18-17-15-6-2-1-3-8-20(15)16/h14,21H,1-13H2. The summed E-state index contributed by atoms with van der Waals surface area (Å²) < 4.78 is 7.79. The van der Waals surface area contributed by atoms with E-state index in [-0.39, 0.29) is 6.61 Å². The van der Waals surface area contributed by atoms with E-state index in [2.05, 4.69) is 19.7 Å². The smallest absolute Gasteiger partial charge is 0.137 e. The molecule has 124 valence electrons. The third-order valence-corrected chi connectivity index (χ3v) is 4.80. The number of aliphatic hydroxyl groups is 1. The van der Waals surface area contributed by atoms with Gasteiger partial charge in [-0.1, -0.05) is 6.42 Å². The Balaban J connectivity index is 1.59. The van der Waals surface area contributed by atoms with E-state index >= 15 is 0 Å². The zero-order chi connectivity index (χ0) is 15.2. The summed E-state index contributed by atoms with van der Waals surface area (Å²) in [5.41, 5.74) is 0. The second-order valence-corrected chi connectivity index (χ2v) is 6.41. The maximum atomic E-state index is 8.75. The zero-order valence-electron chi connectivity index (χ0n) is 13.4. The van der Waals surface area contributed by atoms with Crippen molar-refractivity contribution in [1.29, 1.82) is 0 Å². The molecule has 1 fully saturated rings. The second kappa shape index (κ2) is 8.04. The van der Waals surface area contributed by atoms with Gasteiger partial charge in [0.1, 0.15) is 11.6 Å². The third kappa shape index (κ3) is 3.86. The van der Waals surface area contributed by atoms with E-state index < -0.39 is 0 Å². The first-order valence-corrected chi connectivity index (χ1v) is 8.71. The van der Waals surface area contributed by atoms with Gasteiger partial charge in [0, 0.05) is 32.0 Å². The van der Waals surface area contributed by atoms with Crippen LogP contribution in [0, 0.1) is 0 Å². The Bertz CT molecular complexity index is 463. The van der Waals surface area contributed by atoms with Crippen molar-refractivity contribution in [2.24, 2.45) is 0 Å². The van der Waals surface area contributed by atoms with Crippen LogP contribution >= 0.6 is 0 Å². The molecule has 22 heavy (non-hydrogen) atoms. The molecule has 0 aromatic carbocycles. The van der Waals surface area contributed by atoms with Crippen LogP contribution in [0.4, 0.5) is 0 Å². The number of nitrogens with zero attached hydrogens (tertiary/aromatic N) is 4. The van der Waals surface area contributed by atoms with Crippen molar-refractivity contribution in [3.05, 3.63) is 11.6 Å². The Labute approximate surface area is 132 Å². The molecule has 0 amide bonds. The molecule has 3 heterocycles. The lowest BCUT2D eigenvalue weighted by molar-refractivity contribution is 0.0666. The summed E-state index contributed by atoms with van der Waals surface area (Å²) in [6, 6.07) is 0. The Morgan fingerprint density at radius 2 is 2.05 bits per heavy atom. The molecule has 6 heteroatoms. The van der Waals surface area contributed by atoms with Crippen molar-refractivity contribution < 1.29 is 9.84 Å². The highest BCUT2D eigenvalue weighted by Gasteiger charge is 2.27. The van der Waals surface area contributed by atoms with Crippen LogP contribution in [0.5, 0.6) is 0 Å². The maximum Gasteiger partial charge on any atom is 0.137 e. The average molecular weight is 308 g/mol. The normalized spacial score (nSPS) is 23.2. The molecule has 1 aromatic heterocycles. The van der Waals surface area contributed by atoms with Crippen LogP contribution in [-0.2, 0) is 17.7 Å². The monoisotopic (exact) mass is 308 g/mol. The number of rotatable bonds is 6. The number of aryl methyl sites for hydroxylation is 1. The third-order valence-electron chi connectivity index (χ3n) is 4.80. The molecular weight excluding hydrogens is 280 g/mol. The molecule has 0 saturated carbocycles. The first-order chi connectivity index (χ1) is 10.9. The number of hydrogen-bond acceptors (Lipinski definition) is 5. The largest absolute Gasteiger partial charge is 0.394 e. The number of ether oxygens (including phenoxy) is 1. The summed E-state index contributed by atoms with van der Waals surface area (Å²) in [7, 11) is 0. The van der Waals surface area contributed by atoms with E-state index in [0.717, 1.165) is 32.6 Å². The topological polar surface area (TPSA) is 63.4 Å². The van der Waals surface area contributed by atoms with Crippen LogP contribution in [0.15, 0.2) is 0 Å². The maximum absolute atomic E-state index is 8.75. The van der Waals surface area contributed by atoms with Gasteiger partial charge in [0.2, 0.25) is 0 Å². The lowest BCUT2D eigenvalue weighted by Crippen LogP contribution is -2.37. The lowest BCUT2D eigenvalue weighted by atomic mass is 9.97. The first-order valence-electron chi connectivity index (χ1n) is 8.71. The second-order valence-electron chi connectivity index (χ2n) is 6.41. The Kier molecular flexibility index (Phi) is 5.81. The number of aromatic nitrogens is 3.